The smallest absolute Gasteiger partial charge is 0.246 e. The number of sulfonamides is 1. The molecule has 1 fully saturated rings. The number of ether oxygens (including phenoxy) is 1. The maximum absolute atomic E-state index is 12.2. The predicted octanol–water partition coefficient (Wildman–Crippen LogP) is -0.584. The maximum Gasteiger partial charge on any atom is 0.246 e. The van der Waals surface area contributed by atoms with Gasteiger partial charge in [-0.3, -0.25) is 9.59 Å². The molecular formula is C16H24N4O5S. The Morgan fingerprint density at radius 3 is 2.81 bits per heavy atom. The molecule has 2 rings (SSSR count). The largest absolute Gasteiger partial charge is 0.378 e. The Bertz CT molecular complexity index is 747. The van der Waals surface area contributed by atoms with E-state index in [0.29, 0.717) is 25.4 Å². The molecule has 0 aliphatic carbocycles. The molecule has 2 unspecified atom stereocenters. The van der Waals surface area contributed by atoms with E-state index in [2.05, 4.69) is 20.7 Å². The quantitative estimate of drug-likeness (QED) is 0.498. The van der Waals surface area contributed by atoms with Crippen LogP contribution in [0.4, 0.5) is 5.69 Å². The minimum atomic E-state index is -3.60. The molecule has 1 aromatic rings. The number of hydrogen-bond donors (Lipinski definition) is 4. The second-order valence-electron chi connectivity index (χ2n) is 5.94. The van der Waals surface area contributed by atoms with Crippen LogP contribution in [0.2, 0.25) is 0 Å². The van der Waals surface area contributed by atoms with Crippen LogP contribution in [0.3, 0.4) is 0 Å². The topological polar surface area (TPSA) is 126 Å². The first-order chi connectivity index (χ1) is 12.3. The van der Waals surface area contributed by atoms with Crippen molar-refractivity contribution in [1.29, 1.82) is 0 Å². The lowest BCUT2D eigenvalue weighted by Gasteiger charge is -2.24. The molecule has 9 nitrogen and oxygen atoms in total. The fourth-order valence-corrected chi connectivity index (χ4v) is 3.23. The molecule has 0 bridgehead atoms. The van der Waals surface area contributed by atoms with Crippen molar-refractivity contribution in [2.24, 2.45) is 0 Å². The van der Waals surface area contributed by atoms with Gasteiger partial charge in [0.2, 0.25) is 21.8 Å². The van der Waals surface area contributed by atoms with Crippen LogP contribution in [0.1, 0.15) is 13.3 Å². The first kappa shape index (κ1) is 20.3. The van der Waals surface area contributed by atoms with Gasteiger partial charge in [0.25, 0.3) is 0 Å². The molecule has 1 aromatic carbocycles. The molecule has 2 atom stereocenters. The van der Waals surface area contributed by atoms with Crippen LogP contribution < -0.4 is 20.7 Å². The normalized spacial score (nSPS) is 18.8. The lowest BCUT2D eigenvalue weighted by atomic mass is 10.2. The first-order valence-corrected chi connectivity index (χ1v) is 9.75. The molecule has 1 aliphatic rings. The average Bonchev–Trinajstić information content (AvgIpc) is 2.62. The van der Waals surface area contributed by atoms with Crippen molar-refractivity contribution in [2.75, 3.05) is 32.1 Å². The molecule has 144 valence electrons. The van der Waals surface area contributed by atoms with Crippen LogP contribution in [-0.2, 0) is 24.3 Å². The zero-order valence-corrected chi connectivity index (χ0v) is 15.6. The number of rotatable bonds is 7. The summed E-state index contributed by atoms with van der Waals surface area (Å²) in [6, 6.07) is 5.04. The second kappa shape index (κ2) is 9.08. The molecule has 10 heteroatoms. The molecular weight excluding hydrogens is 360 g/mol. The van der Waals surface area contributed by atoms with Crippen LogP contribution in [0.5, 0.6) is 0 Å². The van der Waals surface area contributed by atoms with Gasteiger partial charge in [0.1, 0.15) is 6.04 Å². The number of carbonyl (C=O) groups excluding carboxylic acids is 2. The molecule has 0 radical (unpaired) electrons. The van der Waals surface area contributed by atoms with Crippen molar-refractivity contribution in [3.63, 3.8) is 0 Å². The molecule has 1 saturated heterocycles. The minimum Gasteiger partial charge on any atom is -0.378 e. The van der Waals surface area contributed by atoms with Crippen molar-refractivity contribution in [3.05, 3.63) is 24.3 Å². The van der Waals surface area contributed by atoms with Gasteiger partial charge in [0, 0.05) is 24.7 Å². The summed E-state index contributed by atoms with van der Waals surface area (Å²) >= 11 is 0. The van der Waals surface area contributed by atoms with Gasteiger partial charge in [-0.25, -0.2) is 13.1 Å². The van der Waals surface area contributed by atoms with E-state index in [1.165, 1.54) is 25.2 Å². The van der Waals surface area contributed by atoms with Crippen molar-refractivity contribution in [3.8, 4) is 0 Å². The third-order valence-electron chi connectivity index (χ3n) is 3.88. The molecule has 26 heavy (non-hydrogen) atoms. The highest BCUT2D eigenvalue weighted by atomic mass is 32.2. The van der Waals surface area contributed by atoms with E-state index in [0.717, 1.165) is 0 Å². The Kier molecular flexibility index (Phi) is 7.09. The first-order valence-electron chi connectivity index (χ1n) is 8.27. The van der Waals surface area contributed by atoms with Crippen LogP contribution >= 0.6 is 0 Å². The Morgan fingerprint density at radius 1 is 1.38 bits per heavy atom. The monoisotopic (exact) mass is 384 g/mol. The standard InChI is InChI=1S/C16H24N4O5S/c1-11(19-15(21)9-13-10-25-7-6-18-13)16(22)20-12-4-3-5-14(8-12)26(23,24)17-2/h3-5,8,11,13,17-18H,6-7,9-10H2,1-2H3,(H,19,21)(H,20,22). The van der Waals surface area contributed by atoms with Crippen molar-refractivity contribution in [2.45, 2.75) is 30.3 Å². The van der Waals surface area contributed by atoms with Gasteiger partial charge in [0.05, 0.1) is 18.1 Å². The van der Waals surface area contributed by atoms with Gasteiger partial charge in [-0.2, -0.15) is 0 Å². The Balaban J connectivity index is 1.90. The number of hydrogen-bond acceptors (Lipinski definition) is 6. The highest BCUT2D eigenvalue weighted by molar-refractivity contribution is 7.89. The summed E-state index contributed by atoms with van der Waals surface area (Å²) < 4.78 is 31.1. The summed E-state index contributed by atoms with van der Waals surface area (Å²) in [4.78, 5) is 24.3. The van der Waals surface area contributed by atoms with E-state index >= 15 is 0 Å². The van der Waals surface area contributed by atoms with E-state index in [4.69, 9.17) is 4.74 Å². The van der Waals surface area contributed by atoms with Gasteiger partial charge in [0.15, 0.2) is 0 Å². The summed E-state index contributed by atoms with van der Waals surface area (Å²) in [7, 11) is -2.29. The van der Waals surface area contributed by atoms with Crippen LogP contribution in [0, 0.1) is 0 Å². The van der Waals surface area contributed by atoms with Gasteiger partial charge in [-0.15, -0.1) is 0 Å². The van der Waals surface area contributed by atoms with Gasteiger partial charge in [-0.05, 0) is 32.2 Å². The summed E-state index contributed by atoms with van der Waals surface area (Å²) in [5, 5.41) is 8.40. The second-order valence-corrected chi connectivity index (χ2v) is 7.83. The maximum atomic E-state index is 12.2. The van der Waals surface area contributed by atoms with Gasteiger partial charge < -0.3 is 20.7 Å². The van der Waals surface area contributed by atoms with Crippen molar-refractivity contribution >= 4 is 27.5 Å². The number of morpholine rings is 1. The van der Waals surface area contributed by atoms with Gasteiger partial charge >= 0.3 is 0 Å². The third-order valence-corrected chi connectivity index (χ3v) is 5.29. The highest BCUT2D eigenvalue weighted by Crippen LogP contribution is 2.15. The lowest BCUT2D eigenvalue weighted by Crippen LogP contribution is -2.47. The fourth-order valence-electron chi connectivity index (χ4n) is 2.45. The highest BCUT2D eigenvalue weighted by Gasteiger charge is 2.21. The van der Waals surface area contributed by atoms with E-state index in [1.54, 1.807) is 13.0 Å². The van der Waals surface area contributed by atoms with Crippen LogP contribution in [-0.4, -0.2) is 59.1 Å². The molecule has 2 amide bonds. The third kappa shape index (κ3) is 5.77. The zero-order chi connectivity index (χ0) is 19.2. The lowest BCUT2D eigenvalue weighted by molar-refractivity contribution is -0.127. The molecule has 0 aromatic heterocycles. The van der Waals surface area contributed by atoms with E-state index in [9.17, 15) is 18.0 Å². The van der Waals surface area contributed by atoms with E-state index in [-0.39, 0.29) is 23.3 Å². The van der Waals surface area contributed by atoms with Crippen LogP contribution in [0.25, 0.3) is 0 Å². The summed E-state index contributed by atoms with van der Waals surface area (Å²) in [6.45, 7) is 3.34. The van der Waals surface area contributed by atoms with Crippen molar-refractivity contribution < 1.29 is 22.7 Å². The molecule has 0 saturated carbocycles. The van der Waals surface area contributed by atoms with Crippen molar-refractivity contribution in [1.82, 2.24) is 15.4 Å². The number of anilines is 1. The number of amides is 2. The Hall–Kier alpha value is -2.01. The SMILES string of the molecule is CNS(=O)(=O)c1cccc(NC(=O)C(C)NC(=O)CC2COCCN2)c1. The number of benzene rings is 1. The van der Waals surface area contributed by atoms with E-state index in [1.807, 2.05) is 0 Å². The van der Waals surface area contributed by atoms with Gasteiger partial charge in [-0.1, -0.05) is 6.07 Å². The molecule has 4 N–H and O–H groups in total. The summed E-state index contributed by atoms with van der Waals surface area (Å²) in [6.07, 6.45) is 0.216. The van der Waals surface area contributed by atoms with E-state index < -0.39 is 22.0 Å². The average molecular weight is 384 g/mol. The zero-order valence-electron chi connectivity index (χ0n) is 14.7. The Labute approximate surface area is 152 Å². The molecule has 1 heterocycles. The number of carbonyl (C=O) groups is 2. The molecule has 1 aliphatic heterocycles. The number of nitrogens with one attached hydrogen (secondary N) is 4. The molecule has 0 spiro atoms. The van der Waals surface area contributed by atoms with Crippen LogP contribution in [0.15, 0.2) is 29.2 Å². The fraction of sp³-hybridized carbons (Fsp3) is 0.500. The minimum absolute atomic E-state index is 0.0397. The Morgan fingerprint density at radius 2 is 2.15 bits per heavy atom. The summed E-state index contributed by atoms with van der Waals surface area (Å²) in [5.74, 6) is -0.702. The summed E-state index contributed by atoms with van der Waals surface area (Å²) in [5.41, 5.74) is 0.328. The predicted molar refractivity (Wildman–Crippen MR) is 96.1 cm³/mol.